The minimum atomic E-state index is -0.316. The normalized spacial score (nSPS) is 13.5. The summed E-state index contributed by atoms with van der Waals surface area (Å²) in [6.07, 6.45) is 3.79. The predicted octanol–water partition coefficient (Wildman–Crippen LogP) is 2.00. The number of oxime groups is 1. The molecule has 8 heteroatoms. The second-order valence-electron chi connectivity index (χ2n) is 5.91. The zero-order chi connectivity index (χ0) is 18.4. The van der Waals surface area contributed by atoms with Gasteiger partial charge in [-0.3, -0.25) is 0 Å². The molecule has 2 heterocycles. The van der Waals surface area contributed by atoms with Crippen LogP contribution in [0.1, 0.15) is 12.0 Å². The fourth-order valence-corrected chi connectivity index (χ4v) is 2.55. The summed E-state index contributed by atoms with van der Waals surface area (Å²) in [6, 6.07) is 5.18. The molecule has 0 radical (unpaired) electrons. The van der Waals surface area contributed by atoms with E-state index in [1.54, 1.807) is 30.6 Å². The Balaban J connectivity index is 1.63. The molecule has 26 heavy (non-hydrogen) atoms. The SMILES string of the molecule is COCc1cccc(-c2cnc(N3CC(=NOCCCO)C3)nc2)c1F. The highest BCUT2D eigenvalue weighted by molar-refractivity contribution is 5.98. The van der Waals surface area contributed by atoms with E-state index in [-0.39, 0.29) is 19.0 Å². The quantitative estimate of drug-likeness (QED) is 0.573. The lowest BCUT2D eigenvalue weighted by Crippen LogP contribution is -2.48. The molecule has 2 aromatic rings. The number of aliphatic hydroxyl groups is 1. The molecular weight excluding hydrogens is 339 g/mol. The topological polar surface area (TPSA) is 80.1 Å². The van der Waals surface area contributed by atoms with Gasteiger partial charge in [0, 0.05) is 49.2 Å². The Morgan fingerprint density at radius 2 is 2.04 bits per heavy atom. The minimum Gasteiger partial charge on any atom is -0.396 e. The molecule has 0 spiro atoms. The van der Waals surface area contributed by atoms with Gasteiger partial charge in [0.15, 0.2) is 0 Å². The van der Waals surface area contributed by atoms with E-state index in [4.69, 9.17) is 14.7 Å². The molecule has 1 aliphatic heterocycles. The van der Waals surface area contributed by atoms with Gasteiger partial charge in [-0.2, -0.15) is 0 Å². The number of aliphatic hydroxyl groups excluding tert-OH is 1. The minimum absolute atomic E-state index is 0.0894. The van der Waals surface area contributed by atoms with Gasteiger partial charge in [-0.1, -0.05) is 23.4 Å². The number of hydrogen-bond acceptors (Lipinski definition) is 7. The third-order valence-electron chi connectivity index (χ3n) is 3.94. The molecule has 7 nitrogen and oxygen atoms in total. The van der Waals surface area contributed by atoms with E-state index in [1.165, 1.54) is 7.11 Å². The molecule has 0 atom stereocenters. The number of nitrogens with zero attached hydrogens (tertiary/aromatic N) is 4. The summed E-state index contributed by atoms with van der Waals surface area (Å²) >= 11 is 0. The van der Waals surface area contributed by atoms with Gasteiger partial charge >= 0.3 is 0 Å². The Labute approximate surface area is 151 Å². The molecule has 1 aromatic heterocycles. The summed E-state index contributed by atoms with van der Waals surface area (Å²) in [5.74, 6) is 0.251. The molecule has 0 amide bonds. The maximum absolute atomic E-state index is 14.5. The van der Waals surface area contributed by atoms with E-state index in [0.29, 0.717) is 48.8 Å². The molecular formula is C18H21FN4O3. The Morgan fingerprint density at radius 1 is 1.27 bits per heavy atom. The van der Waals surface area contributed by atoms with Crippen molar-refractivity contribution in [3.8, 4) is 11.1 Å². The van der Waals surface area contributed by atoms with Crippen LogP contribution in [0.3, 0.4) is 0 Å². The van der Waals surface area contributed by atoms with Crippen LogP contribution in [-0.4, -0.2) is 54.2 Å². The van der Waals surface area contributed by atoms with Crippen molar-refractivity contribution in [2.24, 2.45) is 5.16 Å². The van der Waals surface area contributed by atoms with Gasteiger partial charge in [-0.05, 0) is 0 Å². The molecule has 3 rings (SSSR count). The highest BCUT2D eigenvalue weighted by Crippen LogP contribution is 2.25. The second kappa shape index (κ2) is 8.68. The van der Waals surface area contributed by atoms with Crippen molar-refractivity contribution in [2.75, 3.05) is 38.3 Å². The zero-order valence-corrected chi connectivity index (χ0v) is 14.6. The van der Waals surface area contributed by atoms with Gasteiger partial charge in [0.05, 0.1) is 25.4 Å². The van der Waals surface area contributed by atoms with Crippen molar-refractivity contribution in [2.45, 2.75) is 13.0 Å². The van der Waals surface area contributed by atoms with E-state index in [9.17, 15) is 4.39 Å². The number of methoxy groups -OCH3 is 1. The Bertz CT molecular complexity index is 760. The number of ether oxygens (including phenoxy) is 1. The number of rotatable bonds is 8. The van der Waals surface area contributed by atoms with E-state index in [0.717, 1.165) is 5.71 Å². The highest BCUT2D eigenvalue weighted by atomic mass is 19.1. The molecule has 1 aliphatic rings. The average molecular weight is 360 g/mol. The van der Waals surface area contributed by atoms with Gasteiger partial charge in [-0.15, -0.1) is 0 Å². The Kier molecular flexibility index (Phi) is 6.08. The van der Waals surface area contributed by atoms with Crippen LogP contribution in [-0.2, 0) is 16.2 Å². The van der Waals surface area contributed by atoms with Crippen LogP contribution in [0.5, 0.6) is 0 Å². The van der Waals surface area contributed by atoms with Crippen molar-refractivity contribution in [3.05, 3.63) is 42.0 Å². The number of aromatic nitrogens is 2. The van der Waals surface area contributed by atoms with Crippen molar-refractivity contribution >= 4 is 11.7 Å². The first kappa shape index (κ1) is 18.2. The lowest BCUT2D eigenvalue weighted by Gasteiger charge is -2.31. The van der Waals surface area contributed by atoms with E-state index < -0.39 is 0 Å². The summed E-state index contributed by atoms with van der Waals surface area (Å²) in [5.41, 5.74) is 2.47. The van der Waals surface area contributed by atoms with Crippen molar-refractivity contribution in [3.63, 3.8) is 0 Å². The first-order valence-corrected chi connectivity index (χ1v) is 8.35. The fourth-order valence-electron chi connectivity index (χ4n) is 2.55. The maximum Gasteiger partial charge on any atom is 0.225 e. The number of benzene rings is 1. The number of halogens is 1. The molecule has 0 unspecified atom stereocenters. The summed E-state index contributed by atoms with van der Waals surface area (Å²) in [6.45, 7) is 1.90. The third-order valence-corrected chi connectivity index (χ3v) is 3.94. The van der Waals surface area contributed by atoms with E-state index >= 15 is 0 Å². The Hall–Kier alpha value is -2.58. The molecule has 1 N–H and O–H groups in total. The second-order valence-corrected chi connectivity index (χ2v) is 5.91. The van der Waals surface area contributed by atoms with Gasteiger partial charge in [-0.25, -0.2) is 14.4 Å². The summed E-state index contributed by atoms with van der Waals surface area (Å²) in [4.78, 5) is 15.7. The number of anilines is 1. The Morgan fingerprint density at radius 3 is 2.73 bits per heavy atom. The molecule has 1 saturated heterocycles. The van der Waals surface area contributed by atoms with E-state index in [1.807, 2.05) is 4.90 Å². The molecule has 0 bridgehead atoms. The van der Waals surface area contributed by atoms with Gasteiger partial charge in [0.25, 0.3) is 0 Å². The van der Waals surface area contributed by atoms with Crippen LogP contribution < -0.4 is 4.90 Å². The highest BCUT2D eigenvalue weighted by Gasteiger charge is 2.25. The first-order valence-electron chi connectivity index (χ1n) is 8.35. The monoisotopic (exact) mass is 360 g/mol. The standard InChI is InChI=1S/C18H21FN4O3/c1-25-12-13-4-2-5-16(17(13)19)14-8-20-18(21-9-14)23-10-15(11-23)22-26-7-3-6-24/h2,4-5,8-9,24H,3,6-7,10-12H2,1H3. The zero-order valence-electron chi connectivity index (χ0n) is 14.6. The van der Waals surface area contributed by atoms with Gasteiger partial charge < -0.3 is 19.6 Å². The van der Waals surface area contributed by atoms with Crippen LogP contribution in [0.15, 0.2) is 35.7 Å². The number of hydrogen-bond donors (Lipinski definition) is 1. The smallest absolute Gasteiger partial charge is 0.225 e. The van der Waals surface area contributed by atoms with Gasteiger partial charge in [0.1, 0.15) is 12.4 Å². The molecule has 1 aromatic carbocycles. The summed E-state index contributed by atoms with van der Waals surface area (Å²) in [5, 5.41) is 12.7. The molecule has 1 fully saturated rings. The predicted molar refractivity (Wildman–Crippen MR) is 95.4 cm³/mol. The van der Waals surface area contributed by atoms with Crippen LogP contribution >= 0.6 is 0 Å². The average Bonchev–Trinajstić information content (AvgIpc) is 2.62. The van der Waals surface area contributed by atoms with Gasteiger partial charge in [0.2, 0.25) is 5.95 Å². The van der Waals surface area contributed by atoms with Crippen LogP contribution in [0, 0.1) is 5.82 Å². The maximum atomic E-state index is 14.5. The molecule has 0 aliphatic carbocycles. The largest absolute Gasteiger partial charge is 0.396 e. The molecule has 138 valence electrons. The fraction of sp³-hybridized carbons (Fsp3) is 0.389. The van der Waals surface area contributed by atoms with Crippen LogP contribution in [0.25, 0.3) is 11.1 Å². The van der Waals surface area contributed by atoms with Crippen LogP contribution in [0.2, 0.25) is 0 Å². The van der Waals surface area contributed by atoms with E-state index in [2.05, 4.69) is 15.1 Å². The summed E-state index contributed by atoms with van der Waals surface area (Å²) in [7, 11) is 1.53. The van der Waals surface area contributed by atoms with Crippen LogP contribution in [0.4, 0.5) is 10.3 Å². The van der Waals surface area contributed by atoms with Crippen molar-refractivity contribution in [1.29, 1.82) is 0 Å². The summed E-state index contributed by atoms with van der Waals surface area (Å²) < 4.78 is 19.5. The lowest BCUT2D eigenvalue weighted by molar-refractivity contribution is 0.122. The first-order chi connectivity index (χ1) is 12.7. The van der Waals surface area contributed by atoms with Crippen molar-refractivity contribution in [1.82, 2.24) is 9.97 Å². The third kappa shape index (κ3) is 4.14. The molecule has 0 saturated carbocycles. The van der Waals surface area contributed by atoms with Crippen molar-refractivity contribution < 1.29 is 19.1 Å². The lowest BCUT2D eigenvalue weighted by atomic mass is 10.1.